The molecule has 0 spiro atoms. The molecule has 0 bridgehead atoms. The topological polar surface area (TPSA) is 24.9 Å². The number of nitrogens with one attached hydrogen (secondary N) is 1. The zero-order chi connectivity index (χ0) is 13.0. The smallest absolute Gasteiger partial charge is 0.0900 e. The normalized spacial score (nSPS) is 18.3. The van der Waals surface area contributed by atoms with Crippen LogP contribution in [0.3, 0.4) is 0 Å². The van der Waals surface area contributed by atoms with Gasteiger partial charge in [-0.05, 0) is 46.1 Å². The lowest BCUT2D eigenvalue weighted by Gasteiger charge is -2.20. The van der Waals surface area contributed by atoms with E-state index in [1.54, 1.807) is 5.57 Å². The van der Waals surface area contributed by atoms with Gasteiger partial charge in [0.2, 0.25) is 0 Å². The number of nitrogens with zero attached hydrogens (tertiary/aromatic N) is 1. The van der Waals surface area contributed by atoms with Crippen molar-refractivity contribution in [3.05, 3.63) is 27.2 Å². The van der Waals surface area contributed by atoms with Gasteiger partial charge in [-0.25, -0.2) is 4.98 Å². The highest BCUT2D eigenvalue weighted by Crippen LogP contribution is 2.34. The number of rotatable bonds is 4. The van der Waals surface area contributed by atoms with E-state index in [4.69, 9.17) is 0 Å². The van der Waals surface area contributed by atoms with Gasteiger partial charge in [0.1, 0.15) is 0 Å². The second kappa shape index (κ2) is 6.48. The molecule has 1 aliphatic rings. The molecular formula is C15H24N2S. The largest absolute Gasteiger partial charge is 0.306 e. The van der Waals surface area contributed by atoms with Crippen molar-refractivity contribution in [3.8, 4) is 0 Å². The Kier molecular flexibility index (Phi) is 4.95. The molecule has 1 aromatic rings. The van der Waals surface area contributed by atoms with Crippen LogP contribution in [0.1, 0.15) is 60.6 Å². The molecule has 18 heavy (non-hydrogen) atoms. The fourth-order valence-corrected chi connectivity index (χ4v) is 3.76. The Labute approximate surface area is 115 Å². The van der Waals surface area contributed by atoms with Crippen molar-refractivity contribution in [2.24, 2.45) is 0 Å². The first kappa shape index (κ1) is 13.8. The van der Waals surface area contributed by atoms with Gasteiger partial charge in [0.15, 0.2) is 0 Å². The molecule has 1 unspecified atom stereocenters. The third-order valence-electron chi connectivity index (χ3n) is 3.56. The molecule has 0 aliphatic heterocycles. The van der Waals surface area contributed by atoms with Crippen LogP contribution in [0.2, 0.25) is 0 Å². The molecule has 1 atom stereocenters. The van der Waals surface area contributed by atoms with E-state index in [0.717, 1.165) is 6.54 Å². The van der Waals surface area contributed by atoms with Crippen LogP contribution >= 0.6 is 11.3 Å². The molecule has 0 saturated carbocycles. The van der Waals surface area contributed by atoms with E-state index in [9.17, 15) is 0 Å². The van der Waals surface area contributed by atoms with Crippen LogP contribution in [0.25, 0.3) is 0 Å². The molecule has 1 N–H and O–H groups in total. The fraction of sp³-hybridized carbons (Fsp3) is 0.667. The Morgan fingerprint density at radius 3 is 2.83 bits per heavy atom. The minimum Gasteiger partial charge on any atom is -0.306 e. The lowest BCUT2D eigenvalue weighted by molar-refractivity contribution is 0.594. The second-order valence-corrected chi connectivity index (χ2v) is 6.29. The standard InChI is InChI=1S/C15H24N2S/c1-4-16-14(13-9-7-5-6-8-10-13)15-11(2)17-12(3)18-15/h9,14,16H,4-8,10H2,1-3H3. The molecule has 0 fully saturated rings. The zero-order valence-electron chi connectivity index (χ0n) is 11.8. The van der Waals surface area contributed by atoms with E-state index in [2.05, 4.69) is 37.1 Å². The van der Waals surface area contributed by atoms with E-state index in [1.807, 2.05) is 11.3 Å². The molecule has 0 radical (unpaired) electrons. The van der Waals surface area contributed by atoms with Crippen LogP contribution in [0.4, 0.5) is 0 Å². The van der Waals surface area contributed by atoms with E-state index in [-0.39, 0.29) is 0 Å². The SMILES string of the molecule is CCNC(C1=CCCCCC1)c1sc(C)nc1C. The Hall–Kier alpha value is -0.670. The number of aryl methyl sites for hydroxylation is 2. The molecule has 1 heterocycles. The highest BCUT2D eigenvalue weighted by Gasteiger charge is 2.21. The van der Waals surface area contributed by atoms with Crippen molar-refractivity contribution in [3.63, 3.8) is 0 Å². The molecule has 100 valence electrons. The first-order chi connectivity index (χ1) is 8.72. The number of aromatic nitrogens is 1. The van der Waals surface area contributed by atoms with Gasteiger partial charge in [-0.15, -0.1) is 11.3 Å². The third-order valence-corrected chi connectivity index (χ3v) is 4.69. The summed E-state index contributed by atoms with van der Waals surface area (Å²) in [5.41, 5.74) is 2.79. The average molecular weight is 264 g/mol. The summed E-state index contributed by atoms with van der Waals surface area (Å²) in [7, 11) is 0. The maximum absolute atomic E-state index is 4.58. The lowest BCUT2D eigenvalue weighted by atomic mass is 9.99. The van der Waals surface area contributed by atoms with Crippen molar-refractivity contribution in [2.75, 3.05) is 6.54 Å². The van der Waals surface area contributed by atoms with E-state index >= 15 is 0 Å². The van der Waals surface area contributed by atoms with Crippen LogP contribution < -0.4 is 5.32 Å². The molecule has 2 nitrogen and oxygen atoms in total. The number of thiazole rings is 1. The average Bonchev–Trinajstić information content (AvgIpc) is 2.58. The van der Waals surface area contributed by atoms with Gasteiger partial charge in [-0.2, -0.15) is 0 Å². The van der Waals surface area contributed by atoms with Crippen LogP contribution in [0, 0.1) is 13.8 Å². The number of likely N-dealkylation sites (N-methyl/N-ethyl adjacent to an activating group) is 1. The summed E-state index contributed by atoms with van der Waals surface area (Å²) in [6.07, 6.45) is 9.02. The summed E-state index contributed by atoms with van der Waals surface area (Å²) in [5, 5.41) is 4.83. The van der Waals surface area contributed by atoms with E-state index in [0.29, 0.717) is 6.04 Å². The van der Waals surface area contributed by atoms with Crippen molar-refractivity contribution < 1.29 is 0 Å². The number of hydrogen-bond donors (Lipinski definition) is 1. The van der Waals surface area contributed by atoms with Crippen LogP contribution in [0.15, 0.2) is 11.6 Å². The monoisotopic (exact) mass is 264 g/mol. The highest BCUT2D eigenvalue weighted by molar-refractivity contribution is 7.11. The van der Waals surface area contributed by atoms with Gasteiger partial charge >= 0.3 is 0 Å². The van der Waals surface area contributed by atoms with Gasteiger partial charge in [0.05, 0.1) is 16.7 Å². The van der Waals surface area contributed by atoms with E-state index in [1.165, 1.54) is 47.7 Å². The van der Waals surface area contributed by atoms with E-state index < -0.39 is 0 Å². The van der Waals surface area contributed by atoms with Gasteiger partial charge in [-0.3, -0.25) is 0 Å². The summed E-state index contributed by atoms with van der Waals surface area (Å²) in [6, 6.07) is 0.402. The molecule has 0 aromatic carbocycles. The summed E-state index contributed by atoms with van der Waals surface area (Å²) in [4.78, 5) is 6.00. The molecule has 3 heteroatoms. The van der Waals surface area contributed by atoms with Crippen molar-refractivity contribution in [1.29, 1.82) is 0 Å². The minimum atomic E-state index is 0.402. The maximum Gasteiger partial charge on any atom is 0.0900 e. The summed E-state index contributed by atoms with van der Waals surface area (Å²) in [6.45, 7) is 7.44. The van der Waals surface area contributed by atoms with Gasteiger partial charge in [-0.1, -0.05) is 25.0 Å². The maximum atomic E-state index is 4.58. The molecule has 0 saturated heterocycles. The Balaban J connectivity index is 2.26. The van der Waals surface area contributed by atoms with Crippen LogP contribution in [0.5, 0.6) is 0 Å². The van der Waals surface area contributed by atoms with Crippen molar-refractivity contribution in [2.45, 2.75) is 58.9 Å². The van der Waals surface area contributed by atoms with Gasteiger partial charge < -0.3 is 5.32 Å². The predicted molar refractivity (Wildman–Crippen MR) is 79.2 cm³/mol. The molecular weight excluding hydrogens is 240 g/mol. The van der Waals surface area contributed by atoms with Crippen LogP contribution in [-0.2, 0) is 0 Å². The Morgan fingerprint density at radius 1 is 1.33 bits per heavy atom. The number of allylic oxidation sites excluding steroid dienone is 1. The number of hydrogen-bond acceptors (Lipinski definition) is 3. The second-order valence-electron chi connectivity index (χ2n) is 5.05. The predicted octanol–water partition coefficient (Wildman–Crippen LogP) is 4.30. The first-order valence-corrected chi connectivity index (χ1v) is 7.90. The third kappa shape index (κ3) is 3.21. The van der Waals surface area contributed by atoms with Crippen molar-refractivity contribution >= 4 is 11.3 Å². The summed E-state index contributed by atoms with van der Waals surface area (Å²) in [5.74, 6) is 0. The summed E-state index contributed by atoms with van der Waals surface area (Å²) < 4.78 is 0. The first-order valence-electron chi connectivity index (χ1n) is 7.08. The summed E-state index contributed by atoms with van der Waals surface area (Å²) >= 11 is 1.85. The Morgan fingerprint density at radius 2 is 2.17 bits per heavy atom. The molecule has 1 aromatic heterocycles. The fourth-order valence-electron chi connectivity index (χ4n) is 2.71. The van der Waals surface area contributed by atoms with Crippen LogP contribution in [-0.4, -0.2) is 11.5 Å². The van der Waals surface area contributed by atoms with Crippen molar-refractivity contribution in [1.82, 2.24) is 10.3 Å². The molecule has 0 amide bonds. The zero-order valence-corrected chi connectivity index (χ0v) is 12.6. The Bertz CT molecular complexity index is 420. The minimum absolute atomic E-state index is 0.402. The quantitative estimate of drug-likeness (QED) is 0.820. The molecule has 1 aliphatic carbocycles. The van der Waals surface area contributed by atoms with Gasteiger partial charge in [0, 0.05) is 4.88 Å². The van der Waals surface area contributed by atoms with Gasteiger partial charge in [0.25, 0.3) is 0 Å². The molecule has 2 rings (SSSR count). The highest BCUT2D eigenvalue weighted by atomic mass is 32.1. The lowest BCUT2D eigenvalue weighted by Crippen LogP contribution is -2.22.